The number of amides is 2. The zero-order valence-corrected chi connectivity index (χ0v) is 15.3. The lowest BCUT2D eigenvalue weighted by Crippen LogP contribution is -2.45. The van der Waals surface area contributed by atoms with Gasteiger partial charge in [-0.05, 0) is 23.3 Å². The quantitative estimate of drug-likeness (QED) is 0.810. The molecule has 2 amide bonds. The molecule has 27 heavy (non-hydrogen) atoms. The van der Waals surface area contributed by atoms with E-state index in [1.54, 1.807) is 26.4 Å². The molecule has 1 N–H and O–H groups in total. The molecule has 7 heteroatoms. The highest BCUT2D eigenvalue weighted by Crippen LogP contribution is 2.29. The van der Waals surface area contributed by atoms with Crippen molar-refractivity contribution in [1.29, 1.82) is 0 Å². The van der Waals surface area contributed by atoms with E-state index in [1.807, 2.05) is 36.4 Å². The summed E-state index contributed by atoms with van der Waals surface area (Å²) in [5.41, 5.74) is 1.80. The molecular formula is C20H22N2O5. The summed E-state index contributed by atoms with van der Waals surface area (Å²) in [4.78, 5) is 26.1. The van der Waals surface area contributed by atoms with Crippen LogP contribution in [0.25, 0.3) is 0 Å². The molecule has 142 valence electrons. The first kappa shape index (κ1) is 18.6. The van der Waals surface area contributed by atoms with Gasteiger partial charge in [0.1, 0.15) is 12.6 Å². The molecule has 0 aliphatic carbocycles. The molecule has 1 aliphatic heterocycles. The molecule has 2 aromatic rings. The summed E-state index contributed by atoms with van der Waals surface area (Å²) in [7, 11) is 3.11. The number of hydrogen-bond donors (Lipinski definition) is 1. The van der Waals surface area contributed by atoms with E-state index in [0.29, 0.717) is 18.0 Å². The van der Waals surface area contributed by atoms with Crippen LogP contribution < -0.4 is 14.8 Å². The number of nitrogens with one attached hydrogen (secondary N) is 1. The lowest BCUT2D eigenvalue weighted by molar-refractivity contribution is -0.125. The highest BCUT2D eigenvalue weighted by atomic mass is 16.6. The Bertz CT molecular complexity index is 809. The fraction of sp³-hybridized carbons (Fsp3) is 0.300. The van der Waals surface area contributed by atoms with Gasteiger partial charge in [-0.1, -0.05) is 36.4 Å². The Morgan fingerprint density at radius 2 is 1.85 bits per heavy atom. The third-order valence-corrected chi connectivity index (χ3v) is 4.39. The standard InChI is InChI=1S/C20H22N2O5/c1-25-17-9-8-15(10-18(17)26-2)12-22-16(13-27-20(22)24)19(23)21-11-14-6-4-3-5-7-14/h3-10,16H,11-13H2,1-2H3,(H,21,23)/t16-/m0/s1. The predicted octanol–water partition coefficient (Wildman–Crippen LogP) is 2.34. The summed E-state index contributed by atoms with van der Waals surface area (Å²) < 4.78 is 15.6. The molecule has 1 fully saturated rings. The van der Waals surface area contributed by atoms with E-state index in [-0.39, 0.29) is 19.1 Å². The summed E-state index contributed by atoms with van der Waals surface area (Å²) in [6.07, 6.45) is -0.510. The van der Waals surface area contributed by atoms with Crippen LogP contribution in [0.2, 0.25) is 0 Å². The fourth-order valence-electron chi connectivity index (χ4n) is 2.92. The maximum atomic E-state index is 12.6. The third-order valence-electron chi connectivity index (χ3n) is 4.39. The number of nitrogens with zero attached hydrogens (tertiary/aromatic N) is 1. The van der Waals surface area contributed by atoms with Crippen LogP contribution in [0.5, 0.6) is 11.5 Å². The Labute approximate surface area is 157 Å². The van der Waals surface area contributed by atoms with Gasteiger partial charge in [-0.15, -0.1) is 0 Å². The number of rotatable bonds is 7. The van der Waals surface area contributed by atoms with Gasteiger partial charge < -0.3 is 19.5 Å². The summed E-state index contributed by atoms with van der Waals surface area (Å²) in [5, 5.41) is 2.86. The Kier molecular flexibility index (Phi) is 5.80. The second-order valence-electron chi connectivity index (χ2n) is 6.11. The van der Waals surface area contributed by atoms with Crippen molar-refractivity contribution in [2.24, 2.45) is 0 Å². The van der Waals surface area contributed by atoms with Crippen LogP contribution in [-0.4, -0.2) is 43.8 Å². The molecule has 3 rings (SSSR count). The maximum absolute atomic E-state index is 12.6. The SMILES string of the molecule is COc1ccc(CN2C(=O)OC[C@H]2C(=O)NCc2ccccc2)cc1OC. The van der Waals surface area contributed by atoms with E-state index in [0.717, 1.165) is 11.1 Å². The molecule has 0 aromatic heterocycles. The summed E-state index contributed by atoms with van der Waals surface area (Å²) in [6.45, 7) is 0.671. The number of hydrogen-bond acceptors (Lipinski definition) is 5. The Morgan fingerprint density at radius 3 is 2.56 bits per heavy atom. The van der Waals surface area contributed by atoms with Gasteiger partial charge in [0, 0.05) is 6.54 Å². The molecule has 7 nitrogen and oxygen atoms in total. The Hall–Kier alpha value is -3.22. The maximum Gasteiger partial charge on any atom is 0.410 e. The van der Waals surface area contributed by atoms with Crippen molar-refractivity contribution < 1.29 is 23.8 Å². The lowest BCUT2D eigenvalue weighted by atomic mass is 10.1. The smallest absolute Gasteiger partial charge is 0.410 e. The number of ether oxygens (including phenoxy) is 3. The largest absolute Gasteiger partial charge is 0.493 e. The first-order chi connectivity index (χ1) is 13.1. The molecule has 0 bridgehead atoms. The number of methoxy groups -OCH3 is 2. The van der Waals surface area contributed by atoms with Gasteiger partial charge in [0.05, 0.1) is 20.8 Å². The van der Waals surface area contributed by atoms with Crippen LogP contribution in [0, 0.1) is 0 Å². The molecule has 0 unspecified atom stereocenters. The highest BCUT2D eigenvalue weighted by Gasteiger charge is 2.38. The van der Waals surface area contributed by atoms with Gasteiger partial charge in [-0.2, -0.15) is 0 Å². The van der Waals surface area contributed by atoms with E-state index in [4.69, 9.17) is 14.2 Å². The predicted molar refractivity (Wildman–Crippen MR) is 98.5 cm³/mol. The van der Waals surface area contributed by atoms with E-state index in [2.05, 4.69) is 5.32 Å². The van der Waals surface area contributed by atoms with E-state index in [9.17, 15) is 9.59 Å². The van der Waals surface area contributed by atoms with Gasteiger partial charge in [-0.25, -0.2) is 4.79 Å². The molecule has 1 heterocycles. The zero-order chi connectivity index (χ0) is 19.2. The van der Waals surface area contributed by atoms with Crippen molar-refractivity contribution >= 4 is 12.0 Å². The summed E-state index contributed by atoms with van der Waals surface area (Å²) in [6, 6.07) is 14.3. The monoisotopic (exact) mass is 370 g/mol. The number of cyclic esters (lactones) is 1. The average Bonchev–Trinajstić information content (AvgIpc) is 3.07. The second-order valence-corrected chi connectivity index (χ2v) is 6.11. The van der Waals surface area contributed by atoms with Crippen molar-refractivity contribution in [2.45, 2.75) is 19.1 Å². The van der Waals surface area contributed by atoms with Crippen molar-refractivity contribution in [2.75, 3.05) is 20.8 Å². The first-order valence-corrected chi connectivity index (χ1v) is 8.58. The van der Waals surface area contributed by atoms with Crippen molar-refractivity contribution in [1.82, 2.24) is 10.2 Å². The average molecular weight is 370 g/mol. The minimum absolute atomic E-state index is 0.0345. The number of carbonyl (C=O) groups is 2. The molecule has 0 radical (unpaired) electrons. The van der Waals surface area contributed by atoms with Crippen LogP contribution in [-0.2, 0) is 22.6 Å². The minimum atomic E-state index is -0.672. The third kappa shape index (κ3) is 4.31. The molecular weight excluding hydrogens is 348 g/mol. The lowest BCUT2D eigenvalue weighted by Gasteiger charge is -2.21. The zero-order valence-electron chi connectivity index (χ0n) is 15.3. The normalized spacial score (nSPS) is 16.0. The minimum Gasteiger partial charge on any atom is -0.493 e. The van der Waals surface area contributed by atoms with Gasteiger partial charge >= 0.3 is 6.09 Å². The summed E-state index contributed by atoms with van der Waals surface area (Å²) in [5.74, 6) is 0.917. The van der Waals surface area contributed by atoms with Crippen LogP contribution in [0.4, 0.5) is 4.79 Å². The van der Waals surface area contributed by atoms with E-state index >= 15 is 0 Å². The second kappa shape index (κ2) is 8.44. The van der Waals surface area contributed by atoms with Crippen molar-refractivity contribution in [3.63, 3.8) is 0 Å². The van der Waals surface area contributed by atoms with Crippen LogP contribution in [0.1, 0.15) is 11.1 Å². The Morgan fingerprint density at radius 1 is 1.11 bits per heavy atom. The van der Waals surface area contributed by atoms with Gasteiger partial charge in [0.2, 0.25) is 5.91 Å². The number of carbonyl (C=O) groups excluding carboxylic acids is 2. The van der Waals surface area contributed by atoms with E-state index in [1.165, 1.54) is 4.90 Å². The van der Waals surface area contributed by atoms with E-state index < -0.39 is 12.1 Å². The van der Waals surface area contributed by atoms with Crippen molar-refractivity contribution in [3.8, 4) is 11.5 Å². The molecule has 1 saturated heterocycles. The number of benzene rings is 2. The molecule has 0 spiro atoms. The molecule has 1 aliphatic rings. The molecule has 2 aromatic carbocycles. The van der Waals surface area contributed by atoms with Crippen LogP contribution >= 0.6 is 0 Å². The van der Waals surface area contributed by atoms with Gasteiger partial charge in [-0.3, -0.25) is 9.69 Å². The topological polar surface area (TPSA) is 77.1 Å². The van der Waals surface area contributed by atoms with Crippen LogP contribution in [0.15, 0.2) is 48.5 Å². The van der Waals surface area contributed by atoms with Crippen molar-refractivity contribution in [3.05, 3.63) is 59.7 Å². The Balaban J connectivity index is 1.68. The highest BCUT2D eigenvalue weighted by molar-refractivity contribution is 5.87. The first-order valence-electron chi connectivity index (χ1n) is 8.58. The summed E-state index contributed by atoms with van der Waals surface area (Å²) >= 11 is 0. The molecule has 1 atom stereocenters. The van der Waals surface area contributed by atoms with Crippen LogP contribution in [0.3, 0.4) is 0 Å². The fourth-order valence-corrected chi connectivity index (χ4v) is 2.92. The van der Waals surface area contributed by atoms with Gasteiger partial charge in [0.25, 0.3) is 0 Å². The van der Waals surface area contributed by atoms with Gasteiger partial charge in [0.15, 0.2) is 11.5 Å². The molecule has 0 saturated carbocycles.